The molecule has 0 N–H and O–H groups in total. The van der Waals surface area contributed by atoms with Crippen LogP contribution in [0.15, 0.2) is 58.4 Å². The van der Waals surface area contributed by atoms with Crippen molar-refractivity contribution in [2.45, 2.75) is 31.2 Å². The third-order valence-electron chi connectivity index (χ3n) is 4.32. The Bertz CT molecular complexity index is 996. The van der Waals surface area contributed by atoms with Crippen LogP contribution in [0.2, 0.25) is 0 Å². The molecular formula is C22H26N2O3S2. The zero-order valence-electron chi connectivity index (χ0n) is 16.8. The van der Waals surface area contributed by atoms with Crippen molar-refractivity contribution >= 4 is 39.2 Å². The lowest BCUT2D eigenvalue weighted by molar-refractivity contribution is -0.118. The Morgan fingerprint density at radius 2 is 2.03 bits per heavy atom. The molecule has 0 saturated carbocycles. The van der Waals surface area contributed by atoms with Gasteiger partial charge in [0.05, 0.1) is 23.9 Å². The molecule has 0 aliphatic rings. The van der Waals surface area contributed by atoms with Gasteiger partial charge in [-0.15, -0.1) is 11.8 Å². The van der Waals surface area contributed by atoms with E-state index in [0.717, 1.165) is 28.1 Å². The minimum atomic E-state index is -0.0812. The van der Waals surface area contributed by atoms with Gasteiger partial charge in [-0.3, -0.25) is 4.79 Å². The summed E-state index contributed by atoms with van der Waals surface area (Å²) in [5, 5.41) is 0. The Balaban J connectivity index is 1.70. The molecular weight excluding hydrogens is 404 g/mol. The number of hydrogen-bond acceptors (Lipinski definition) is 5. The van der Waals surface area contributed by atoms with Crippen LogP contribution in [0.3, 0.4) is 0 Å². The molecule has 0 spiro atoms. The summed E-state index contributed by atoms with van der Waals surface area (Å²) in [6, 6.07) is 16.2. The van der Waals surface area contributed by atoms with E-state index in [1.54, 1.807) is 18.9 Å². The first-order chi connectivity index (χ1) is 14.2. The van der Waals surface area contributed by atoms with Crippen molar-refractivity contribution in [3.8, 4) is 5.75 Å². The van der Waals surface area contributed by atoms with Crippen molar-refractivity contribution < 1.29 is 14.3 Å². The SMILES string of the molecule is CCOCCn1c(=NC(=O)CCCSc2ccccc2)sc2cc(OC)ccc21. The van der Waals surface area contributed by atoms with Gasteiger partial charge in [0.15, 0.2) is 4.80 Å². The minimum Gasteiger partial charge on any atom is -0.497 e. The van der Waals surface area contributed by atoms with E-state index in [9.17, 15) is 4.79 Å². The number of thiazole rings is 1. The van der Waals surface area contributed by atoms with Gasteiger partial charge in [0, 0.05) is 24.5 Å². The average molecular weight is 431 g/mol. The van der Waals surface area contributed by atoms with Gasteiger partial charge in [0.25, 0.3) is 0 Å². The van der Waals surface area contributed by atoms with E-state index in [-0.39, 0.29) is 5.91 Å². The molecule has 1 heterocycles. The standard InChI is InChI=1S/C22H26N2O3S2/c1-3-27-14-13-24-19-12-11-17(26-2)16-20(19)29-22(24)23-21(25)10-7-15-28-18-8-5-4-6-9-18/h4-6,8-9,11-12,16H,3,7,10,13-15H2,1-2H3. The molecule has 0 radical (unpaired) electrons. The van der Waals surface area contributed by atoms with Gasteiger partial charge in [0.2, 0.25) is 5.91 Å². The molecule has 3 rings (SSSR count). The highest BCUT2D eigenvalue weighted by Gasteiger charge is 2.09. The molecule has 0 atom stereocenters. The number of nitrogens with zero attached hydrogens (tertiary/aromatic N) is 2. The van der Waals surface area contributed by atoms with Crippen molar-refractivity contribution in [1.82, 2.24) is 4.57 Å². The first kappa shape index (κ1) is 21.6. The van der Waals surface area contributed by atoms with E-state index >= 15 is 0 Å². The number of thioether (sulfide) groups is 1. The number of rotatable bonds is 10. The van der Waals surface area contributed by atoms with E-state index in [0.29, 0.717) is 31.0 Å². The summed E-state index contributed by atoms with van der Waals surface area (Å²) in [6.07, 6.45) is 1.25. The van der Waals surface area contributed by atoms with Gasteiger partial charge in [0.1, 0.15) is 5.75 Å². The van der Waals surface area contributed by atoms with E-state index < -0.39 is 0 Å². The number of hydrogen-bond donors (Lipinski definition) is 0. The Morgan fingerprint density at radius 1 is 1.21 bits per heavy atom. The van der Waals surface area contributed by atoms with Crippen molar-refractivity contribution in [2.75, 3.05) is 26.1 Å². The van der Waals surface area contributed by atoms with Crippen LogP contribution < -0.4 is 9.54 Å². The van der Waals surface area contributed by atoms with Gasteiger partial charge >= 0.3 is 0 Å². The monoisotopic (exact) mass is 430 g/mol. The third kappa shape index (κ3) is 6.19. The third-order valence-corrected chi connectivity index (χ3v) is 6.46. The second-order valence-corrected chi connectivity index (χ2v) is 8.51. The van der Waals surface area contributed by atoms with Crippen molar-refractivity contribution in [3.05, 3.63) is 53.3 Å². The van der Waals surface area contributed by atoms with E-state index in [4.69, 9.17) is 9.47 Å². The molecule has 29 heavy (non-hydrogen) atoms. The fourth-order valence-corrected chi connectivity index (χ4v) is 4.85. The molecule has 0 fully saturated rings. The van der Waals surface area contributed by atoms with Crippen LogP contribution in [0.1, 0.15) is 19.8 Å². The Hall–Kier alpha value is -2.09. The number of benzene rings is 2. The summed E-state index contributed by atoms with van der Waals surface area (Å²) < 4.78 is 13.9. The van der Waals surface area contributed by atoms with Crippen LogP contribution in [0, 0.1) is 0 Å². The van der Waals surface area contributed by atoms with Crippen LogP contribution in [0.4, 0.5) is 0 Å². The molecule has 1 aromatic heterocycles. The van der Waals surface area contributed by atoms with E-state index in [1.165, 1.54) is 16.2 Å². The predicted molar refractivity (Wildman–Crippen MR) is 120 cm³/mol. The number of aromatic nitrogens is 1. The lowest BCUT2D eigenvalue weighted by Gasteiger charge is -2.06. The highest BCUT2D eigenvalue weighted by atomic mass is 32.2. The largest absolute Gasteiger partial charge is 0.497 e. The molecule has 5 nitrogen and oxygen atoms in total. The fraction of sp³-hybridized carbons (Fsp3) is 0.364. The summed E-state index contributed by atoms with van der Waals surface area (Å²) in [7, 11) is 1.65. The van der Waals surface area contributed by atoms with Gasteiger partial charge in [-0.1, -0.05) is 29.5 Å². The highest BCUT2D eigenvalue weighted by Crippen LogP contribution is 2.23. The molecule has 0 aliphatic heterocycles. The lowest BCUT2D eigenvalue weighted by Crippen LogP contribution is -2.19. The Morgan fingerprint density at radius 3 is 2.79 bits per heavy atom. The Kier molecular flexibility index (Phi) is 8.34. The number of fused-ring (bicyclic) bond motifs is 1. The quantitative estimate of drug-likeness (QED) is 0.344. The summed E-state index contributed by atoms with van der Waals surface area (Å²) in [4.78, 5) is 18.8. The van der Waals surface area contributed by atoms with Crippen LogP contribution in [0.25, 0.3) is 10.2 Å². The van der Waals surface area contributed by atoms with Crippen LogP contribution in [-0.2, 0) is 16.1 Å². The molecule has 1 amide bonds. The fourth-order valence-electron chi connectivity index (χ4n) is 2.87. The van der Waals surface area contributed by atoms with Gasteiger partial charge in [-0.05, 0) is 49.4 Å². The second-order valence-electron chi connectivity index (χ2n) is 6.34. The number of methoxy groups -OCH3 is 1. The topological polar surface area (TPSA) is 52.8 Å². The number of carbonyl (C=O) groups is 1. The van der Waals surface area contributed by atoms with Crippen LogP contribution in [0.5, 0.6) is 5.75 Å². The van der Waals surface area contributed by atoms with E-state index in [2.05, 4.69) is 21.7 Å². The maximum absolute atomic E-state index is 12.5. The summed E-state index contributed by atoms with van der Waals surface area (Å²) in [6.45, 7) is 3.89. The predicted octanol–water partition coefficient (Wildman–Crippen LogP) is 4.75. The van der Waals surface area contributed by atoms with Crippen molar-refractivity contribution in [3.63, 3.8) is 0 Å². The normalized spacial score (nSPS) is 11.9. The maximum atomic E-state index is 12.5. The minimum absolute atomic E-state index is 0.0812. The maximum Gasteiger partial charge on any atom is 0.248 e. The average Bonchev–Trinajstić information content (AvgIpc) is 3.08. The van der Waals surface area contributed by atoms with Gasteiger partial charge in [-0.25, -0.2) is 0 Å². The zero-order chi connectivity index (χ0) is 20.5. The second kappa shape index (κ2) is 11.2. The zero-order valence-corrected chi connectivity index (χ0v) is 18.4. The van der Waals surface area contributed by atoms with Crippen molar-refractivity contribution in [1.29, 1.82) is 0 Å². The first-order valence-electron chi connectivity index (χ1n) is 9.71. The highest BCUT2D eigenvalue weighted by molar-refractivity contribution is 7.99. The van der Waals surface area contributed by atoms with Gasteiger partial charge < -0.3 is 14.0 Å². The van der Waals surface area contributed by atoms with E-state index in [1.807, 2.05) is 43.3 Å². The Labute approximate surface area is 179 Å². The molecule has 154 valence electrons. The molecule has 0 bridgehead atoms. The molecule has 7 heteroatoms. The summed E-state index contributed by atoms with van der Waals surface area (Å²) >= 11 is 3.28. The molecule has 0 aliphatic carbocycles. The van der Waals surface area contributed by atoms with Crippen molar-refractivity contribution in [2.24, 2.45) is 4.99 Å². The molecule has 0 saturated heterocycles. The first-order valence-corrected chi connectivity index (χ1v) is 11.5. The van der Waals surface area contributed by atoms with Crippen LogP contribution >= 0.6 is 23.1 Å². The molecule has 0 unspecified atom stereocenters. The number of ether oxygens (including phenoxy) is 2. The van der Waals surface area contributed by atoms with Gasteiger partial charge in [-0.2, -0.15) is 4.99 Å². The van der Waals surface area contributed by atoms with Crippen LogP contribution in [-0.4, -0.2) is 36.6 Å². The summed E-state index contributed by atoms with van der Waals surface area (Å²) in [5.74, 6) is 1.62. The lowest BCUT2D eigenvalue weighted by atomic mass is 10.3. The summed E-state index contributed by atoms with van der Waals surface area (Å²) in [5.41, 5.74) is 1.04. The smallest absolute Gasteiger partial charge is 0.248 e. The molecule has 2 aromatic carbocycles. The molecule has 3 aromatic rings. The number of carbonyl (C=O) groups excluding carboxylic acids is 1. The number of amides is 1.